The first-order valence-corrected chi connectivity index (χ1v) is 13.7. The first kappa shape index (κ1) is 35.9. The topological polar surface area (TPSA) is 200 Å². The van der Waals surface area contributed by atoms with E-state index in [2.05, 4.69) is 5.32 Å². The number of aryl methyl sites for hydroxylation is 1. The number of phenolic OH excluding ortho intramolecular Hbond substituents is 1. The molecular formula is C31H36N2NaO11. The van der Waals surface area contributed by atoms with Crippen LogP contribution >= 0.6 is 0 Å². The van der Waals surface area contributed by atoms with Crippen LogP contribution in [0.5, 0.6) is 17.2 Å². The van der Waals surface area contributed by atoms with E-state index in [1.54, 1.807) is 20.8 Å². The second-order valence-electron chi connectivity index (χ2n) is 11.2. The van der Waals surface area contributed by atoms with Gasteiger partial charge in [0.15, 0.2) is 23.6 Å². The summed E-state index contributed by atoms with van der Waals surface area (Å²) in [7, 11) is 1.37. The van der Waals surface area contributed by atoms with E-state index in [1.165, 1.54) is 37.4 Å². The number of fused-ring (bicyclic) bond motifs is 1. The number of ether oxygens (including phenoxy) is 4. The number of aliphatic hydroxyl groups excluding tert-OH is 1. The zero-order chi connectivity index (χ0) is 32.5. The van der Waals surface area contributed by atoms with E-state index in [0.29, 0.717) is 12.0 Å². The Hall–Kier alpha value is -3.59. The van der Waals surface area contributed by atoms with Gasteiger partial charge in [0, 0.05) is 47.8 Å². The summed E-state index contributed by atoms with van der Waals surface area (Å²) in [6.45, 7) is 8.69. The van der Waals surface area contributed by atoms with Crippen LogP contribution < -0.4 is 21.4 Å². The zero-order valence-corrected chi connectivity index (χ0v) is 28.2. The van der Waals surface area contributed by atoms with E-state index in [4.69, 9.17) is 29.1 Å². The number of rotatable bonds is 8. The van der Waals surface area contributed by atoms with Crippen LogP contribution in [0.15, 0.2) is 51.2 Å². The Morgan fingerprint density at radius 3 is 2.47 bits per heavy atom. The predicted octanol–water partition coefficient (Wildman–Crippen LogP) is 3.25. The van der Waals surface area contributed by atoms with Crippen LogP contribution in [0.1, 0.15) is 49.2 Å². The maximum absolute atomic E-state index is 13.0. The smallest absolute Gasteiger partial charge is 0.404 e. The van der Waals surface area contributed by atoms with Gasteiger partial charge in [0.25, 0.3) is 5.91 Å². The number of nitrogens with two attached hydrogens (primary N) is 1. The van der Waals surface area contributed by atoms with Crippen LogP contribution in [-0.2, 0) is 20.6 Å². The number of anilines is 1. The molecule has 237 valence electrons. The average Bonchev–Trinajstić information content (AvgIpc) is 2.94. The molecule has 3 aromatic rings. The van der Waals surface area contributed by atoms with Gasteiger partial charge in [-0.1, -0.05) is 11.6 Å². The van der Waals surface area contributed by atoms with Crippen molar-refractivity contribution in [2.45, 2.75) is 71.2 Å². The summed E-state index contributed by atoms with van der Waals surface area (Å²) in [5, 5.41) is 34.6. The van der Waals surface area contributed by atoms with E-state index in [1.807, 2.05) is 19.9 Å². The monoisotopic (exact) mass is 635 g/mol. The molecule has 13 nitrogen and oxygen atoms in total. The van der Waals surface area contributed by atoms with Crippen molar-refractivity contribution in [2.24, 2.45) is 5.73 Å². The SMILES string of the molecule is CO[C@@H]1[C@@H](OC(N)=O)[C@@H](O)[C@H](Oc2ccc3c(O)c(NC(=O)c4ccc(O)c(CC=C(C)C)c4)c(=O)oc3c2C)OC1(C)C.[Na]. The quantitative estimate of drug-likeness (QED) is 0.138. The Kier molecular flexibility index (Phi) is 11.3. The van der Waals surface area contributed by atoms with Gasteiger partial charge in [-0.15, -0.1) is 0 Å². The van der Waals surface area contributed by atoms with E-state index in [0.717, 1.165) is 5.57 Å². The molecule has 1 aliphatic rings. The summed E-state index contributed by atoms with van der Waals surface area (Å²) in [4.78, 5) is 37.5. The number of allylic oxidation sites excluding steroid dienone is 2. The van der Waals surface area contributed by atoms with Gasteiger partial charge in [-0.05, 0) is 76.9 Å². The molecule has 14 heteroatoms. The van der Waals surface area contributed by atoms with Crippen molar-refractivity contribution in [3.8, 4) is 17.2 Å². The van der Waals surface area contributed by atoms with Crippen LogP contribution in [0.4, 0.5) is 10.5 Å². The number of carbonyl (C=O) groups is 2. The normalized spacial score (nSPS) is 20.5. The Morgan fingerprint density at radius 2 is 1.84 bits per heavy atom. The third-order valence-corrected chi connectivity index (χ3v) is 7.33. The molecule has 0 saturated carbocycles. The van der Waals surface area contributed by atoms with Gasteiger partial charge in [0.2, 0.25) is 6.29 Å². The van der Waals surface area contributed by atoms with Crippen molar-refractivity contribution >= 4 is 58.2 Å². The van der Waals surface area contributed by atoms with Crippen molar-refractivity contribution in [3.05, 3.63) is 69.1 Å². The number of nitrogens with one attached hydrogen (secondary N) is 1. The Bertz CT molecular complexity index is 1680. The number of phenols is 1. The average molecular weight is 636 g/mol. The molecule has 2 aromatic carbocycles. The van der Waals surface area contributed by atoms with Crippen LogP contribution in [0, 0.1) is 6.92 Å². The molecule has 2 heterocycles. The third-order valence-electron chi connectivity index (χ3n) is 7.33. The molecule has 0 aliphatic carbocycles. The first-order valence-electron chi connectivity index (χ1n) is 13.7. The fourth-order valence-electron chi connectivity index (χ4n) is 5.06. The summed E-state index contributed by atoms with van der Waals surface area (Å²) < 4.78 is 27.9. The Labute approximate surface area is 281 Å². The molecule has 1 fully saturated rings. The predicted molar refractivity (Wildman–Crippen MR) is 165 cm³/mol. The maximum atomic E-state index is 13.0. The molecule has 1 radical (unpaired) electrons. The van der Waals surface area contributed by atoms with Crippen molar-refractivity contribution in [1.82, 2.24) is 0 Å². The second-order valence-corrected chi connectivity index (χ2v) is 11.2. The van der Waals surface area contributed by atoms with Crippen molar-refractivity contribution in [3.63, 3.8) is 0 Å². The number of hydrogen-bond donors (Lipinski definition) is 5. The first-order chi connectivity index (χ1) is 20.6. The molecule has 1 aromatic heterocycles. The molecule has 4 rings (SSSR count). The number of carbonyl (C=O) groups excluding carboxylic acids is 2. The molecule has 1 saturated heterocycles. The number of primary amides is 1. The number of aliphatic hydroxyl groups is 1. The van der Waals surface area contributed by atoms with Gasteiger partial charge < -0.3 is 49.7 Å². The Balaban J connectivity index is 0.00000552. The molecule has 6 N–H and O–H groups in total. The minimum Gasteiger partial charge on any atom is -0.508 e. The van der Waals surface area contributed by atoms with Gasteiger partial charge in [0.1, 0.15) is 23.2 Å². The third kappa shape index (κ3) is 7.63. The van der Waals surface area contributed by atoms with Gasteiger partial charge in [0.05, 0.1) is 11.0 Å². The van der Waals surface area contributed by atoms with Crippen LogP contribution in [-0.4, -0.2) is 94.2 Å². The Morgan fingerprint density at radius 1 is 1.16 bits per heavy atom. The van der Waals surface area contributed by atoms with Gasteiger partial charge >= 0.3 is 11.7 Å². The molecule has 1 aliphatic heterocycles. The number of aromatic hydroxyl groups is 2. The molecule has 0 bridgehead atoms. The zero-order valence-electron chi connectivity index (χ0n) is 26.2. The number of benzene rings is 2. The van der Waals surface area contributed by atoms with Crippen LogP contribution in [0.25, 0.3) is 11.0 Å². The van der Waals surface area contributed by atoms with E-state index >= 15 is 0 Å². The van der Waals surface area contributed by atoms with Crippen LogP contribution in [0.2, 0.25) is 0 Å². The molecule has 4 atom stereocenters. The van der Waals surface area contributed by atoms with Crippen molar-refractivity contribution in [2.75, 3.05) is 12.4 Å². The van der Waals surface area contributed by atoms with Gasteiger partial charge in [-0.25, -0.2) is 9.59 Å². The number of methoxy groups -OCH3 is 1. The van der Waals surface area contributed by atoms with Crippen molar-refractivity contribution < 1.29 is 48.3 Å². The molecule has 45 heavy (non-hydrogen) atoms. The largest absolute Gasteiger partial charge is 0.508 e. The maximum Gasteiger partial charge on any atom is 0.404 e. The number of hydrogen-bond acceptors (Lipinski definition) is 11. The van der Waals surface area contributed by atoms with Crippen LogP contribution in [0.3, 0.4) is 0 Å². The summed E-state index contributed by atoms with van der Waals surface area (Å²) in [6.07, 6.45) is -3.81. The van der Waals surface area contributed by atoms with Gasteiger partial charge in [-0.3, -0.25) is 4.79 Å². The number of amides is 2. The summed E-state index contributed by atoms with van der Waals surface area (Å²) >= 11 is 0. The fourth-order valence-corrected chi connectivity index (χ4v) is 5.06. The summed E-state index contributed by atoms with van der Waals surface area (Å²) in [5.74, 6) is -1.09. The minimum atomic E-state index is -1.52. The van der Waals surface area contributed by atoms with Crippen molar-refractivity contribution in [1.29, 1.82) is 0 Å². The van der Waals surface area contributed by atoms with Gasteiger partial charge in [-0.2, -0.15) is 0 Å². The minimum absolute atomic E-state index is 0. The summed E-state index contributed by atoms with van der Waals surface area (Å²) in [5.41, 5.74) is 4.54. The van der Waals surface area contributed by atoms with E-state index < -0.39 is 59.3 Å². The van der Waals surface area contributed by atoms with E-state index in [-0.39, 0.29) is 63.2 Å². The molecular weight excluding hydrogens is 599 g/mol. The molecule has 2 amide bonds. The second kappa shape index (κ2) is 14.2. The standard InChI is InChI=1S/C31H36N2O11.Na/c1-14(2)7-8-16-13-17(9-11-19(16)34)27(37)33-21-22(35)18-10-12-20(15(3)24(18)42-28(21)38)41-29-23(36)25(43-30(32)39)26(40-6)31(4,5)44-29;/h7,9-13,23,25-26,29,34-36H,8H2,1-6H3,(H2,32,39)(H,33,37);/t23-,25+,26-,29-;/m1./s1. The summed E-state index contributed by atoms with van der Waals surface area (Å²) in [6, 6.07) is 7.12. The van der Waals surface area contributed by atoms with E-state index in [9.17, 15) is 29.7 Å². The fraction of sp³-hybridized carbons (Fsp3) is 0.387. The molecule has 0 unspecified atom stereocenters. The molecule has 0 spiro atoms.